The van der Waals surface area contributed by atoms with Crippen LogP contribution in [0.15, 0.2) is 72.8 Å². The molecule has 1 unspecified atom stereocenters. The predicted molar refractivity (Wildman–Crippen MR) is 120 cm³/mol. The van der Waals surface area contributed by atoms with Crippen molar-refractivity contribution in [2.24, 2.45) is 0 Å². The molecule has 2 heteroatoms. The molecule has 0 radical (unpaired) electrons. The fraction of sp³-hybridized carbons (Fsp3) is 0.214. The molecule has 0 spiro atoms. The maximum Gasteiger partial charge on any atom is 0.199 e. The minimum atomic E-state index is -0.228. The van der Waals surface area contributed by atoms with Crippen molar-refractivity contribution in [2.45, 2.75) is 32.5 Å². The Labute approximate surface area is 178 Å². The summed E-state index contributed by atoms with van der Waals surface area (Å²) in [6.45, 7) is 2.80. The number of benzene rings is 3. The lowest BCUT2D eigenvalue weighted by Crippen LogP contribution is -2.25. The van der Waals surface area contributed by atoms with Crippen molar-refractivity contribution in [3.63, 3.8) is 0 Å². The number of hydrogen-bond donors (Lipinski definition) is 0. The van der Waals surface area contributed by atoms with Crippen molar-refractivity contribution < 1.29 is 9.47 Å². The normalized spacial score (nSPS) is 15.3. The van der Waals surface area contributed by atoms with Gasteiger partial charge in [0.05, 0.1) is 12.2 Å². The molecule has 30 heavy (non-hydrogen) atoms. The van der Waals surface area contributed by atoms with Crippen LogP contribution in [0.2, 0.25) is 0 Å². The van der Waals surface area contributed by atoms with Gasteiger partial charge in [0, 0.05) is 23.1 Å². The largest absolute Gasteiger partial charge is 0.464 e. The van der Waals surface area contributed by atoms with Crippen LogP contribution in [-0.4, -0.2) is 12.9 Å². The van der Waals surface area contributed by atoms with Crippen LogP contribution >= 0.6 is 0 Å². The minimum absolute atomic E-state index is 0.228. The fourth-order valence-corrected chi connectivity index (χ4v) is 3.29. The van der Waals surface area contributed by atoms with Gasteiger partial charge in [-0.05, 0) is 61.7 Å². The zero-order chi connectivity index (χ0) is 20.6. The van der Waals surface area contributed by atoms with Gasteiger partial charge in [-0.3, -0.25) is 0 Å². The first-order valence-corrected chi connectivity index (χ1v) is 10.3. The van der Waals surface area contributed by atoms with E-state index in [4.69, 9.17) is 9.47 Å². The van der Waals surface area contributed by atoms with Gasteiger partial charge in [-0.1, -0.05) is 60.1 Å². The fourth-order valence-electron chi connectivity index (χ4n) is 3.29. The molecule has 1 heterocycles. The highest BCUT2D eigenvalue weighted by molar-refractivity contribution is 5.57. The van der Waals surface area contributed by atoms with E-state index >= 15 is 0 Å². The van der Waals surface area contributed by atoms with E-state index < -0.39 is 0 Å². The first-order valence-electron chi connectivity index (χ1n) is 10.3. The van der Waals surface area contributed by atoms with Crippen molar-refractivity contribution in [1.82, 2.24) is 0 Å². The Bertz CT molecular complexity index is 1100. The third-order valence-corrected chi connectivity index (χ3v) is 4.95. The van der Waals surface area contributed by atoms with Crippen molar-refractivity contribution in [2.75, 3.05) is 6.61 Å². The third-order valence-electron chi connectivity index (χ3n) is 4.95. The molecule has 1 atom stereocenters. The molecule has 0 bridgehead atoms. The molecule has 0 saturated carbocycles. The quantitative estimate of drug-likeness (QED) is 0.521. The Hall–Kier alpha value is -3.46. The first-order chi connectivity index (χ1) is 14.8. The standard InChI is InChI=1S/C28H24O2/c1-22-20-26(18-16-24-12-6-3-7-13-24)27(30-28-14-8-9-19-29-28)21-25(22)17-15-23-10-4-2-5-11-23/h2-7,10-13,20-21,28H,8-9,14,19H2,1H3. The zero-order valence-electron chi connectivity index (χ0n) is 17.2. The van der Waals surface area contributed by atoms with Gasteiger partial charge in [-0.25, -0.2) is 0 Å². The summed E-state index contributed by atoms with van der Waals surface area (Å²) < 4.78 is 12.0. The molecule has 0 aromatic heterocycles. The molecule has 148 valence electrons. The van der Waals surface area contributed by atoms with Crippen molar-refractivity contribution in [3.8, 4) is 29.4 Å². The average molecular weight is 392 g/mol. The topological polar surface area (TPSA) is 18.5 Å². The average Bonchev–Trinajstić information content (AvgIpc) is 2.80. The summed E-state index contributed by atoms with van der Waals surface area (Å²) in [6, 6.07) is 24.0. The second-order valence-corrected chi connectivity index (χ2v) is 7.31. The first kappa shape index (κ1) is 19.8. The number of hydrogen-bond acceptors (Lipinski definition) is 2. The molecule has 3 aromatic rings. The maximum absolute atomic E-state index is 6.23. The van der Waals surface area contributed by atoms with Crippen molar-refractivity contribution >= 4 is 0 Å². The number of ether oxygens (including phenoxy) is 2. The molecule has 1 aliphatic heterocycles. The highest BCUT2D eigenvalue weighted by atomic mass is 16.7. The predicted octanol–water partition coefficient (Wildman–Crippen LogP) is 5.70. The van der Waals surface area contributed by atoms with Gasteiger partial charge >= 0.3 is 0 Å². The van der Waals surface area contributed by atoms with Gasteiger partial charge in [-0.15, -0.1) is 0 Å². The van der Waals surface area contributed by atoms with Crippen LogP contribution < -0.4 is 4.74 Å². The molecular weight excluding hydrogens is 368 g/mol. The van der Waals surface area contributed by atoms with Crippen LogP contribution in [0, 0.1) is 30.6 Å². The third kappa shape index (κ3) is 5.32. The van der Waals surface area contributed by atoms with Crippen molar-refractivity contribution in [3.05, 3.63) is 101 Å². The lowest BCUT2D eigenvalue weighted by molar-refractivity contribution is -0.106. The van der Waals surface area contributed by atoms with Gasteiger partial charge in [-0.2, -0.15) is 0 Å². The molecule has 0 aliphatic carbocycles. The molecule has 0 amide bonds. The molecule has 2 nitrogen and oxygen atoms in total. The summed E-state index contributed by atoms with van der Waals surface area (Å²) in [4.78, 5) is 0. The van der Waals surface area contributed by atoms with E-state index in [-0.39, 0.29) is 6.29 Å². The van der Waals surface area contributed by atoms with Crippen LogP contribution in [0.3, 0.4) is 0 Å². The van der Waals surface area contributed by atoms with Crippen LogP contribution in [-0.2, 0) is 4.74 Å². The van der Waals surface area contributed by atoms with Gasteiger partial charge in [0.15, 0.2) is 6.29 Å². The summed E-state index contributed by atoms with van der Waals surface area (Å²) >= 11 is 0. The lowest BCUT2D eigenvalue weighted by Gasteiger charge is -2.24. The summed E-state index contributed by atoms with van der Waals surface area (Å²) in [5.41, 5.74) is 4.84. The van der Waals surface area contributed by atoms with Gasteiger partial charge in [0.1, 0.15) is 5.75 Å². The van der Waals surface area contributed by atoms with Crippen LogP contribution in [0.4, 0.5) is 0 Å². The molecule has 3 aromatic carbocycles. The van der Waals surface area contributed by atoms with E-state index in [0.717, 1.165) is 59.4 Å². The molecule has 4 rings (SSSR count). The Morgan fingerprint density at radius 3 is 2.00 bits per heavy atom. The minimum Gasteiger partial charge on any atom is -0.464 e. The molecule has 0 N–H and O–H groups in total. The van der Waals surface area contributed by atoms with Crippen LogP contribution in [0.25, 0.3) is 0 Å². The molecule has 1 fully saturated rings. The zero-order valence-corrected chi connectivity index (χ0v) is 17.2. The Morgan fingerprint density at radius 1 is 0.767 bits per heavy atom. The second kappa shape index (κ2) is 9.84. The number of aryl methyl sites for hydroxylation is 1. The van der Waals surface area contributed by atoms with E-state index in [1.54, 1.807) is 0 Å². The Morgan fingerprint density at radius 2 is 1.40 bits per heavy atom. The SMILES string of the molecule is Cc1cc(C#Cc2ccccc2)c(OC2CCCCO2)cc1C#Cc1ccccc1. The highest BCUT2D eigenvalue weighted by Crippen LogP contribution is 2.26. The lowest BCUT2D eigenvalue weighted by atomic mass is 10.0. The molecular formula is C28H24O2. The van der Waals surface area contributed by atoms with E-state index in [1.165, 1.54) is 0 Å². The molecule has 1 saturated heterocycles. The Balaban J connectivity index is 1.68. The van der Waals surface area contributed by atoms with E-state index in [2.05, 4.69) is 36.7 Å². The summed E-state index contributed by atoms with van der Waals surface area (Å²) in [5, 5.41) is 0. The second-order valence-electron chi connectivity index (χ2n) is 7.31. The highest BCUT2D eigenvalue weighted by Gasteiger charge is 2.17. The monoisotopic (exact) mass is 392 g/mol. The van der Waals surface area contributed by atoms with Crippen molar-refractivity contribution in [1.29, 1.82) is 0 Å². The van der Waals surface area contributed by atoms with Crippen LogP contribution in [0.1, 0.15) is 47.1 Å². The molecule has 1 aliphatic rings. The van der Waals surface area contributed by atoms with E-state index in [0.29, 0.717) is 0 Å². The summed E-state index contributed by atoms with van der Waals surface area (Å²) in [6.07, 6.45) is 2.86. The van der Waals surface area contributed by atoms with Gasteiger partial charge in [0.2, 0.25) is 0 Å². The van der Waals surface area contributed by atoms with Gasteiger partial charge in [0.25, 0.3) is 0 Å². The van der Waals surface area contributed by atoms with Gasteiger partial charge < -0.3 is 9.47 Å². The van der Waals surface area contributed by atoms with E-state index in [1.807, 2.05) is 66.7 Å². The smallest absolute Gasteiger partial charge is 0.199 e. The number of rotatable bonds is 2. The summed E-state index contributed by atoms with van der Waals surface area (Å²) in [7, 11) is 0. The Kier molecular flexibility index (Phi) is 6.51. The van der Waals surface area contributed by atoms with E-state index in [9.17, 15) is 0 Å². The maximum atomic E-state index is 6.23. The van der Waals surface area contributed by atoms with Crippen LogP contribution in [0.5, 0.6) is 5.75 Å². The summed E-state index contributed by atoms with van der Waals surface area (Å²) in [5.74, 6) is 13.8.